The van der Waals surface area contributed by atoms with E-state index in [0.717, 1.165) is 36.1 Å². The van der Waals surface area contributed by atoms with Gasteiger partial charge >= 0.3 is 0 Å². The van der Waals surface area contributed by atoms with Crippen LogP contribution in [-0.2, 0) is 9.59 Å². The summed E-state index contributed by atoms with van der Waals surface area (Å²) >= 11 is 1.43. The first-order valence-electron chi connectivity index (χ1n) is 11.1. The standard InChI is InChI=1S/C25H27N3O4S/c1-17-8-2-5-11-19(17)28(22(29)16-26-24(30)20-12-6-14-32-20)23(21-13-7-15-33-21)25(31)27-18-9-3-4-10-18/h2,5-8,11-15,18,23H,3-4,9-10,16H2,1H3,(H,26,30)(H,27,31)/t23-/m1/s1. The third kappa shape index (κ3) is 5.34. The monoisotopic (exact) mass is 465 g/mol. The summed E-state index contributed by atoms with van der Waals surface area (Å²) in [6, 6.07) is 13.6. The molecule has 4 rings (SSSR count). The molecule has 1 fully saturated rings. The van der Waals surface area contributed by atoms with Gasteiger partial charge in [-0.3, -0.25) is 19.3 Å². The van der Waals surface area contributed by atoms with Crippen LogP contribution in [0.5, 0.6) is 0 Å². The minimum absolute atomic E-state index is 0.118. The number of carbonyl (C=O) groups is 3. The minimum Gasteiger partial charge on any atom is -0.459 e. The van der Waals surface area contributed by atoms with Crippen LogP contribution >= 0.6 is 11.3 Å². The number of hydrogen-bond acceptors (Lipinski definition) is 5. The van der Waals surface area contributed by atoms with E-state index in [9.17, 15) is 14.4 Å². The van der Waals surface area contributed by atoms with Gasteiger partial charge in [-0.05, 0) is 55.0 Å². The molecule has 1 saturated carbocycles. The summed E-state index contributed by atoms with van der Waals surface area (Å²) in [5, 5.41) is 7.66. The van der Waals surface area contributed by atoms with Gasteiger partial charge in [0.2, 0.25) is 11.8 Å². The highest BCUT2D eigenvalue weighted by molar-refractivity contribution is 7.10. The van der Waals surface area contributed by atoms with Crippen LogP contribution in [0.25, 0.3) is 0 Å². The lowest BCUT2D eigenvalue weighted by Gasteiger charge is -2.32. The van der Waals surface area contributed by atoms with E-state index in [1.165, 1.54) is 28.6 Å². The van der Waals surface area contributed by atoms with Crippen LogP contribution in [-0.4, -0.2) is 30.3 Å². The van der Waals surface area contributed by atoms with Crippen LogP contribution < -0.4 is 15.5 Å². The molecule has 7 nitrogen and oxygen atoms in total. The van der Waals surface area contributed by atoms with Crippen molar-refractivity contribution in [3.63, 3.8) is 0 Å². The van der Waals surface area contributed by atoms with E-state index in [2.05, 4.69) is 10.6 Å². The molecule has 1 aliphatic rings. The molecular formula is C25H27N3O4S. The Balaban J connectivity index is 1.65. The molecule has 0 unspecified atom stereocenters. The van der Waals surface area contributed by atoms with E-state index in [0.29, 0.717) is 5.69 Å². The summed E-state index contributed by atoms with van der Waals surface area (Å²) in [5.74, 6) is -0.956. The first-order valence-corrected chi connectivity index (χ1v) is 12.0. The van der Waals surface area contributed by atoms with E-state index < -0.39 is 11.9 Å². The lowest BCUT2D eigenvalue weighted by Crippen LogP contribution is -2.49. The number of anilines is 1. The fraction of sp³-hybridized carbons (Fsp3) is 0.320. The highest BCUT2D eigenvalue weighted by atomic mass is 32.1. The highest BCUT2D eigenvalue weighted by Crippen LogP contribution is 2.33. The van der Waals surface area contributed by atoms with Crippen LogP contribution in [0.4, 0.5) is 5.69 Å². The number of aryl methyl sites for hydroxylation is 1. The van der Waals surface area contributed by atoms with Gasteiger partial charge in [0.05, 0.1) is 12.8 Å². The molecule has 0 aliphatic heterocycles. The summed E-state index contributed by atoms with van der Waals surface area (Å²) in [5.41, 5.74) is 1.49. The largest absolute Gasteiger partial charge is 0.459 e. The van der Waals surface area contributed by atoms with Gasteiger partial charge in [0, 0.05) is 16.6 Å². The first kappa shape index (κ1) is 22.8. The van der Waals surface area contributed by atoms with Crippen LogP contribution in [0.3, 0.4) is 0 Å². The number of benzene rings is 1. The van der Waals surface area contributed by atoms with E-state index >= 15 is 0 Å². The average molecular weight is 466 g/mol. The van der Waals surface area contributed by atoms with Crippen molar-refractivity contribution >= 4 is 34.7 Å². The van der Waals surface area contributed by atoms with Crippen LogP contribution in [0.15, 0.2) is 64.6 Å². The molecule has 8 heteroatoms. The fourth-order valence-corrected chi connectivity index (χ4v) is 4.97. The number of hydrogen-bond donors (Lipinski definition) is 2. The molecule has 2 N–H and O–H groups in total. The van der Waals surface area contributed by atoms with Crippen LogP contribution in [0.2, 0.25) is 0 Å². The maximum absolute atomic E-state index is 13.6. The summed E-state index contributed by atoms with van der Waals surface area (Å²) in [6.45, 7) is 1.63. The Hall–Kier alpha value is -3.39. The molecule has 2 heterocycles. The second-order valence-corrected chi connectivity index (χ2v) is 9.10. The number of furan rings is 1. The van der Waals surface area contributed by atoms with Crippen LogP contribution in [0, 0.1) is 6.92 Å². The molecule has 1 aromatic carbocycles. The predicted molar refractivity (Wildman–Crippen MR) is 127 cm³/mol. The molecule has 0 radical (unpaired) electrons. The van der Waals surface area contributed by atoms with Crippen molar-refractivity contribution in [3.8, 4) is 0 Å². The Kier molecular flexibility index (Phi) is 7.24. The maximum atomic E-state index is 13.6. The van der Waals surface area contributed by atoms with Gasteiger partial charge in [-0.25, -0.2) is 0 Å². The van der Waals surface area contributed by atoms with Gasteiger partial charge in [0.25, 0.3) is 5.91 Å². The highest BCUT2D eigenvalue weighted by Gasteiger charge is 2.35. The maximum Gasteiger partial charge on any atom is 0.287 e. The second-order valence-electron chi connectivity index (χ2n) is 8.12. The summed E-state index contributed by atoms with van der Waals surface area (Å²) in [7, 11) is 0. The normalized spacial score (nSPS) is 14.6. The minimum atomic E-state index is -0.834. The Bertz CT molecular complexity index is 1090. The summed E-state index contributed by atoms with van der Waals surface area (Å²) in [4.78, 5) is 41.7. The number of rotatable bonds is 8. The Labute approximate surface area is 196 Å². The van der Waals surface area contributed by atoms with E-state index in [1.54, 1.807) is 6.07 Å². The second kappa shape index (κ2) is 10.5. The van der Waals surface area contributed by atoms with Crippen molar-refractivity contribution in [3.05, 3.63) is 76.4 Å². The third-order valence-corrected chi connectivity index (χ3v) is 6.73. The van der Waals surface area contributed by atoms with Gasteiger partial charge in [-0.2, -0.15) is 0 Å². The first-order chi connectivity index (χ1) is 16.0. The third-order valence-electron chi connectivity index (χ3n) is 5.81. The molecule has 1 atom stereocenters. The van der Waals surface area contributed by atoms with Crippen LogP contribution in [0.1, 0.15) is 52.7 Å². The zero-order valence-corrected chi connectivity index (χ0v) is 19.3. The van der Waals surface area contributed by atoms with Crippen molar-refractivity contribution in [2.75, 3.05) is 11.4 Å². The lowest BCUT2D eigenvalue weighted by molar-refractivity contribution is -0.126. The van der Waals surface area contributed by atoms with Crippen molar-refractivity contribution in [2.45, 2.75) is 44.7 Å². The zero-order valence-electron chi connectivity index (χ0n) is 18.5. The smallest absolute Gasteiger partial charge is 0.287 e. The topological polar surface area (TPSA) is 91.7 Å². The number of amides is 3. The molecule has 3 aromatic rings. The van der Waals surface area contributed by atoms with E-state index in [1.807, 2.05) is 48.7 Å². The number of thiophene rings is 1. The molecule has 3 amide bonds. The van der Waals surface area contributed by atoms with Gasteiger partial charge < -0.3 is 15.1 Å². The SMILES string of the molecule is Cc1ccccc1N(C(=O)CNC(=O)c1ccco1)[C@@H](C(=O)NC1CCCC1)c1cccs1. The van der Waals surface area contributed by atoms with E-state index in [4.69, 9.17) is 4.42 Å². The molecule has 0 bridgehead atoms. The molecule has 1 aliphatic carbocycles. The molecule has 172 valence electrons. The Morgan fingerprint density at radius 3 is 2.55 bits per heavy atom. The molecular weight excluding hydrogens is 438 g/mol. The number of para-hydroxylation sites is 1. The Morgan fingerprint density at radius 1 is 1.09 bits per heavy atom. The average Bonchev–Trinajstić information content (AvgIpc) is 3.59. The molecule has 0 saturated heterocycles. The fourth-order valence-electron chi connectivity index (χ4n) is 4.16. The van der Waals surface area contributed by atoms with Gasteiger partial charge in [0.1, 0.15) is 6.04 Å². The molecule has 0 spiro atoms. The Morgan fingerprint density at radius 2 is 1.88 bits per heavy atom. The zero-order chi connectivity index (χ0) is 23.2. The van der Waals surface area contributed by atoms with Crippen molar-refractivity contribution < 1.29 is 18.8 Å². The van der Waals surface area contributed by atoms with Crippen molar-refractivity contribution in [1.82, 2.24) is 10.6 Å². The van der Waals surface area contributed by atoms with Gasteiger partial charge in [0.15, 0.2) is 5.76 Å². The quantitative estimate of drug-likeness (QED) is 0.521. The summed E-state index contributed by atoms with van der Waals surface area (Å²) < 4.78 is 5.11. The van der Waals surface area contributed by atoms with Gasteiger partial charge in [-0.1, -0.05) is 37.1 Å². The van der Waals surface area contributed by atoms with Gasteiger partial charge in [-0.15, -0.1) is 11.3 Å². The van der Waals surface area contributed by atoms with E-state index in [-0.39, 0.29) is 30.2 Å². The molecule has 33 heavy (non-hydrogen) atoms. The predicted octanol–water partition coefficient (Wildman–Crippen LogP) is 4.21. The number of nitrogens with one attached hydrogen (secondary N) is 2. The summed E-state index contributed by atoms with van der Waals surface area (Å²) in [6.07, 6.45) is 5.47. The number of carbonyl (C=O) groups excluding carboxylic acids is 3. The lowest BCUT2D eigenvalue weighted by atomic mass is 10.1. The van der Waals surface area contributed by atoms with Crippen molar-refractivity contribution in [2.24, 2.45) is 0 Å². The number of nitrogens with zero attached hydrogens (tertiary/aromatic N) is 1. The van der Waals surface area contributed by atoms with Crippen molar-refractivity contribution in [1.29, 1.82) is 0 Å². The molecule has 2 aromatic heterocycles.